The van der Waals surface area contributed by atoms with E-state index in [1.54, 1.807) is 17.7 Å². The van der Waals surface area contributed by atoms with Crippen LogP contribution in [-0.4, -0.2) is 52.1 Å². The molecule has 3 aromatic rings. The summed E-state index contributed by atoms with van der Waals surface area (Å²) in [5.41, 5.74) is 14.8. The van der Waals surface area contributed by atoms with Gasteiger partial charge in [-0.05, 0) is 56.5 Å². The van der Waals surface area contributed by atoms with Gasteiger partial charge in [-0.3, -0.25) is 9.69 Å². The third-order valence-electron chi connectivity index (χ3n) is 6.13. The molecule has 0 aliphatic carbocycles. The number of nitrogen functional groups attached to an aromatic ring is 1. The van der Waals surface area contributed by atoms with Gasteiger partial charge in [-0.2, -0.15) is 9.97 Å². The molecule has 4 rings (SSSR count). The highest BCUT2D eigenvalue weighted by Crippen LogP contribution is 2.29. The molecule has 9 nitrogen and oxygen atoms in total. The van der Waals surface area contributed by atoms with Gasteiger partial charge in [0.25, 0.3) is 5.91 Å². The maximum Gasteiger partial charge on any atom is 0.320 e. The minimum atomic E-state index is -0.566. The minimum absolute atomic E-state index is 0.190. The Balaban J connectivity index is 1.66. The lowest BCUT2D eigenvalue weighted by molar-refractivity contribution is 0.0992. The van der Waals surface area contributed by atoms with Crippen molar-refractivity contribution in [3.05, 3.63) is 47.5 Å². The number of anilines is 1. The first kappa shape index (κ1) is 23.8. The Bertz CT molecular complexity index is 1150. The van der Waals surface area contributed by atoms with Gasteiger partial charge in [0.1, 0.15) is 22.9 Å². The Morgan fingerprint density at radius 2 is 1.94 bits per heavy atom. The number of amides is 1. The number of carbonyl (C=O) groups excluding carboxylic acids is 1. The number of likely N-dealkylation sites (tertiary alicyclic amines) is 1. The summed E-state index contributed by atoms with van der Waals surface area (Å²) in [7, 11) is 1.65. The first-order chi connectivity index (χ1) is 16.5. The van der Waals surface area contributed by atoms with Gasteiger partial charge >= 0.3 is 6.01 Å². The standard InChI is InChI=1S/C25H33N6O3/c1-3-4-12-34-25-28-22(26)19-14-20(23(27)32)31(24(19)29-25)16-18-9-8-17(13-21(18)33-2)15-30-10-6-5-7-11-30/h5,8-9,13-14H,3-4,6-7,10-12,15-16H2,1-2H3,(H2,27,32)(H2,26,28,29). The van der Waals surface area contributed by atoms with Crippen LogP contribution in [-0.2, 0) is 13.1 Å². The van der Waals surface area contributed by atoms with E-state index in [-0.39, 0.29) is 11.8 Å². The van der Waals surface area contributed by atoms with Crippen LogP contribution in [0, 0.1) is 6.42 Å². The van der Waals surface area contributed by atoms with Crippen LogP contribution in [0.25, 0.3) is 11.0 Å². The molecule has 0 unspecified atom stereocenters. The number of benzene rings is 1. The predicted octanol–water partition coefficient (Wildman–Crippen LogP) is 3.15. The first-order valence-electron chi connectivity index (χ1n) is 11.8. The zero-order valence-electron chi connectivity index (χ0n) is 19.9. The normalized spacial score (nSPS) is 14.4. The fourth-order valence-corrected chi connectivity index (χ4v) is 4.27. The number of unbranched alkanes of at least 4 members (excludes halogenated alkanes) is 1. The second-order valence-electron chi connectivity index (χ2n) is 8.60. The molecule has 2 aromatic heterocycles. The van der Waals surface area contributed by atoms with Crippen molar-refractivity contribution in [1.82, 2.24) is 19.4 Å². The van der Waals surface area contributed by atoms with Crippen molar-refractivity contribution in [2.75, 3.05) is 32.5 Å². The Morgan fingerprint density at radius 1 is 1.15 bits per heavy atom. The third kappa shape index (κ3) is 5.25. The Hall–Kier alpha value is -3.33. The van der Waals surface area contributed by atoms with Crippen LogP contribution in [0.1, 0.15) is 54.2 Å². The molecule has 0 atom stereocenters. The third-order valence-corrected chi connectivity index (χ3v) is 6.13. The largest absolute Gasteiger partial charge is 0.496 e. The van der Waals surface area contributed by atoms with Crippen LogP contribution in [0.4, 0.5) is 5.82 Å². The van der Waals surface area contributed by atoms with E-state index < -0.39 is 5.91 Å². The van der Waals surface area contributed by atoms with Crippen molar-refractivity contribution in [3.63, 3.8) is 0 Å². The van der Waals surface area contributed by atoms with Gasteiger partial charge in [0.05, 0.1) is 25.6 Å². The lowest BCUT2D eigenvalue weighted by Crippen LogP contribution is -2.29. The van der Waals surface area contributed by atoms with Crippen LogP contribution in [0.3, 0.4) is 0 Å². The van der Waals surface area contributed by atoms with Gasteiger partial charge in [-0.15, -0.1) is 0 Å². The van der Waals surface area contributed by atoms with E-state index in [9.17, 15) is 4.79 Å². The molecule has 181 valence electrons. The quantitative estimate of drug-likeness (QED) is 0.441. The van der Waals surface area contributed by atoms with E-state index in [0.29, 0.717) is 29.9 Å². The number of primary amides is 1. The minimum Gasteiger partial charge on any atom is -0.496 e. The number of ether oxygens (including phenoxy) is 2. The van der Waals surface area contributed by atoms with Gasteiger partial charge in [-0.1, -0.05) is 25.5 Å². The van der Waals surface area contributed by atoms with Gasteiger partial charge in [0, 0.05) is 12.1 Å². The van der Waals surface area contributed by atoms with Gasteiger partial charge < -0.3 is 25.5 Å². The predicted molar refractivity (Wildman–Crippen MR) is 132 cm³/mol. The molecule has 1 fully saturated rings. The fourth-order valence-electron chi connectivity index (χ4n) is 4.27. The average molecular weight is 466 g/mol. The van der Waals surface area contributed by atoms with Crippen molar-refractivity contribution in [1.29, 1.82) is 0 Å². The summed E-state index contributed by atoms with van der Waals surface area (Å²) < 4.78 is 13.1. The highest BCUT2D eigenvalue weighted by Gasteiger charge is 2.20. The number of carbonyl (C=O) groups is 1. The van der Waals surface area contributed by atoms with Gasteiger partial charge in [0.2, 0.25) is 0 Å². The molecule has 0 spiro atoms. The van der Waals surface area contributed by atoms with Crippen LogP contribution in [0.2, 0.25) is 0 Å². The summed E-state index contributed by atoms with van der Waals surface area (Å²) in [5.74, 6) is 0.432. The number of rotatable bonds is 10. The highest BCUT2D eigenvalue weighted by atomic mass is 16.5. The maximum atomic E-state index is 12.3. The number of nitrogens with two attached hydrogens (primary N) is 2. The second-order valence-corrected chi connectivity index (χ2v) is 8.60. The zero-order chi connectivity index (χ0) is 24.1. The van der Waals surface area contributed by atoms with Crippen LogP contribution >= 0.6 is 0 Å². The van der Waals surface area contributed by atoms with Crippen LogP contribution < -0.4 is 20.9 Å². The van der Waals surface area contributed by atoms with Crippen molar-refractivity contribution >= 4 is 22.8 Å². The fraction of sp³-hybridized carbons (Fsp3) is 0.440. The number of nitrogens with zero attached hydrogens (tertiary/aromatic N) is 4. The second kappa shape index (κ2) is 10.7. The molecule has 1 radical (unpaired) electrons. The Kier molecular flexibility index (Phi) is 7.52. The number of piperidine rings is 1. The molecule has 1 amide bonds. The Morgan fingerprint density at radius 3 is 2.65 bits per heavy atom. The molecule has 1 aliphatic rings. The van der Waals surface area contributed by atoms with E-state index in [2.05, 4.69) is 40.3 Å². The molecule has 3 heterocycles. The molecular formula is C25H33N6O3. The number of aromatic nitrogens is 3. The number of fused-ring (bicyclic) bond motifs is 1. The topological polar surface area (TPSA) is 122 Å². The van der Waals surface area contributed by atoms with E-state index >= 15 is 0 Å². The summed E-state index contributed by atoms with van der Waals surface area (Å²) in [4.78, 5) is 23.5. The lowest BCUT2D eigenvalue weighted by atomic mass is 10.1. The summed E-state index contributed by atoms with van der Waals surface area (Å²) in [6.45, 7) is 5.95. The van der Waals surface area contributed by atoms with E-state index in [1.807, 2.05) is 6.07 Å². The number of hydrogen-bond acceptors (Lipinski definition) is 7. The van der Waals surface area contributed by atoms with Crippen LogP contribution in [0.15, 0.2) is 24.3 Å². The molecule has 1 aliphatic heterocycles. The van der Waals surface area contributed by atoms with Gasteiger partial charge in [-0.25, -0.2) is 0 Å². The van der Waals surface area contributed by atoms with Gasteiger partial charge in [0.15, 0.2) is 0 Å². The maximum absolute atomic E-state index is 12.3. The van der Waals surface area contributed by atoms with E-state index in [1.165, 1.54) is 5.56 Å². The summed E-state index contributed by atoms with van der Waals surface area (Å²) in [6, 6.07) is 8.02. The highest BCUT2D eigenvalue weighted by molar-refractivity contribution is 5.99. The number of methoxy groups -OCH3 is 1. The molecule has 1 aromatic carbocycles. The molecule has 0 bridgehead atoms. The average Bonchev–Trinajstić information content (AvgIpc) is 3.20. The molecule has 4 N–H and O–H groups in total. The Labute approximate surface area is 200 Å². The monoisotopic (exact) mass is 465 g/mol. The molecule has 0 saturated carbocycles. The molecule has 9 heteroatoms. The van der Waals surface area contributed by atoms with Crippen molar-refractivity contribution < 1.29 is 14.3 Å². The summed E-state index contributed by atoms with van der Waals surface area (Å²) >= 11 is 0. The van der Waals surface area contributed by atoms with Crippen LogP contribution in [0.5, 0.6) is 11.8 Å². The number of hydrogen-bond donors (Lipinski definition) is 2. The lowest BCUT2D eigenvalue weighted by Gasteiger charge is -2.26. The van der Waals surface area contributed by atoms with Crippen molar-refractivity contribution in [2.24, 2.45) is 5.73 Å². The molecule has 34 heavy (non-hydrogen) atoms. The molecular weight excluding hydrogens is 432 g/mol. The summed E-state index contributed by atoms with van der Waals surface area (Å²) in [6.07, 6.45) is 6.47. The van der Waals surface area contributed by atoms with Crippen molar-refractivity contribution in [2.45, 2.75) is 45.7 Å². The summed E-state index contributed by atoms with van der Waals surface area (Å²) in [5, 5.41) is 0.564. The first-order valence-corrected chi connectivity index (χ1v) is 11.8. The van der Waals surface area contributed by atoms with E-state index in [4.69, 9.17) is 20.9 Å². The SMILES string of the molecule is CCCCOc1nc(N)c2cc(C(N)=O)n(Cc3ccc(CN4CC[CH]CC4)cc3OC)c2n1. The van der Waals surface area contributed by atoms with Crippen molar-refractivity contribution in [3.8, 4) is 11.8 Å². The zero-order valence-corrected chi connectivity index (χ0v) is 19.9. The smallest absolute Gasteiger partial charge is 0.320 e. The molecule has 1 saturated heterocycles. The van der Waals surface area contributed by atoms with E-state index in [0.717, 1.165) is 56.6 Å².